The van der Waals surface area contributed by atoms with Crippen LogP contribution in [0.3, 0.4) is 0 Å². The number of carboxylic acids is 1. The molecule has 0 aliphatic carbocycles. The Morgan fingerprint density at radius 2 is 1.83 bits per heavy atom. The van der Waals surface area contributed by atoms with Crippen LogP contribution in [0.5, 0.6) is 5.75 Å². The topological polar surface area (TPSA) is 94.1 Å². The van der Waals surface area contributed by atoms with Crippen LogP contribution in [-0.2, 0) is 24.8 Å². The Labute approximate surface area is 169 Å². The van der Waals surface area contributed by atoms with Gasteiger partial charge in [-0.15, -0.1) is 0 Å². The molecule has 0 saturated carbocycles. The molecule has 3 unspecified atom stereocenters. The summed E-state index contributed by atoms with van der Waals surface area (Å²) in [7, 11) is 1.54. The van der Waals surface area contributed by atoms with Crippen LogP contribution in [0, 0.1) is 0 Å². The number of carboxylic acid groups (broad SMARTS) is 1. The van der Waals surface area contributed by atoms with E-state index in [4.69, 9.17) is 14.2 Å². The summed E-state index contributed by atoms with van der Waals surface area (Å²) in [4.78, 5) is 25.1. The monoisotopic (exact) mass is 399 g/mol. The zero-order valence-electron chi connectivity index (χ0n) is 16.5. The van der Waals surface area contributed by atoms with E-state index < -0.39 is 29.8 Å². The fourth-order valence-electron chi connectivity index (χ4n) is 3.31. The minimum atomic E-state index is -1.73. The largest absolute Gasteiger partial charge is 0.497 e. The van der Waals surface area contributed by atoms with Gasteiger partial charge in [0.2, 0.25) is 5.72 Å². The quantitative estimate of drug-likeness (QED) is 0.520. The molecule has 0 bridgehead atoms. The van der Waals surface area contributed by atoms with Crippen molar-refractivity contribution >= 4 is 11.9 Å². The first kappa shape index (κ1) is 20.8. The predicted octanol–water partition coefficient (Wildman–Crippen LogP) is 3.01. The van der Waals surface area contributed by atoms with E-state index in [0.29, 0.717) is 23.3 Å². The van der Waals surface area contributed by atoms with Crippen LogP contribution < -0.4 is 10.1 Å². The number of hydrogen-bond donors (Lipinski definition) is 2. The molecule has 0 aromatic heterocycles. The van der Waals surface area contributed by atoms with Gasteiger partial charge in [-0.3, -0.25) is 5.32 Å². The highest BCUT2D eigenvalue weighted by atomic mass is 16.6. The lowest BCUT2D eigenvalue weighted by Gasteiger charge is -2.27. The number of rotatable bonds is 8. The molecule has 3 rings (SSSR count). The van der Waals surface area contributed by atoms with Crippen molar-refractivity contribution in [2.24, 2.45) is 0 Å². The molecule has 1 aliphatic rings. The molecule has 7 nitrogen and oxygen atoms in total. The van der Waals surface area contributed by atoms with Gasteiger partial charge in [0, 0.05) is 5.56 Å². The third-order valence-corrected chi connectivity index (χ3v) is 4.88. The van der Waals surface area contributed by atoms with E-state index >= 15 is 0 Å². The second-order valence-electron chi connectivity index (χ2n) is 6.81. The number of methoxy groups -OCH3 is 1. The molecule has 7 heteroatoms. The fourth-order valence-corrected chi connectivity index (χ4v) is 3.31. The van der Waals surface area contributed by atoms with Gasteiger partial charge in [0.1, 0.15) is 5.75 Å². The molecular formula is C22H25NO6. The van der Waals surface area contributed by atoms with Crippen LogP contribution in [-0.4, -0.2) is 36.9 Å². The Morgan fingerprint density at radius 1 is 1.14 bits per heavy atom. The zero-order chi connectivity index (χ0) is 20.9. The number of benzene rings is 2. The maximum Gasteiger partial charge on any atom is 0.358 e. The molecule has 0 amide bonds. The number of nitrogens with one attached hydrogen (secondary N) is 1. The molecule has 0 spiro atoms. The Bertz CT molecular complexity index is 838. The van der Waals surface area contributed by atoms with Gasteiger partial charge in [-0.1, -0.05) is 55.8 Å². The van der Waals surface area contributed by atoms with Crippen molar-refractivity contribution < 1.29 is 28.9 Å². The molecular weight excluding hydrogens is 374 g/mol. The highest BCUT2D eigenvalue weighted by Gasteiger charge is 2.56. The van der Waals surface area contributed by atoms with E-state index in [1.165, 1.54) is 0 Å². The molecule has 1 saturated heterocycles. The van der Waals surface area contributed by atoms with Gasteiger partial charge in [-0.05, 0) is 24.1 Å². The molecule has 1 fully saturated rings. The number of ether oxygens (including phenoxy) is 3. The van der Waals surface area contributed by atoms with Crippen molar-refractivity contribution in [2.75, 3.05) is 13.7 Å². The summed E-state index contributed by atoms with van der Waals surface area (Å²) in [5.74, 6) is -1.22. The Hall–Kier alpha value is -2.90. The highest BCUT2D eigenvalue weighted by Crippen LogP contribution is 2.40. The maximum atomic E-state index is 13.1. The molecule has 2 aromatic carbocycles. The third kappa shape index (κ3) is 4.26. The van der Waals surface area contributed by atoms with E-state index in [9.17, 15) is 14.7 Å². The summed E-state index contributed by atoms with van der Waals surface area (Å²) in [6.45, 7) is 2.22. The number of carbonyl (C=O) groups excluding carboxylic acids is 1. The van der Waals surface area contributed by atoms with Crippen LogP contribution >= 0.6 is 0 Å². The van der Waals surface area contributed by atoms with Gasteiger partial charge < -0.3 is 19.3 Å². The summed E-state index contributed by atoms with van der Waals surface area (Å²) in [5, 5.41) is 12.9. The highest BCUT2D eigenvalue weighted by molar-refractivity contribution is 5.84. The van der Waals surface area contributed by atoms with Gasteiger partial charge in [0.15, 0.2) is 6.10 Å². The second kappa shape index (κ2) is 9.07. The minimum absolute atomic E-state index is 0.228. The Balaban J connectivity index is 2.02. The van der Waals surface area contributed by atoms with Crippen molar-refractivity contribution in [1.82, 2.24) is 5.32 Å². The van der Waals surface area contributed by atoms with E-state index in [2.05, 4.69) is 5.32 Å². The summed E-state index contributed by atoms with van der Waals surface area (Å²) in [6, 6.07) is 15.0. The molecule has 2 N–H and O–H groups in total. The van der Waals surface area contributed by atoms with Crippen LogP contribution in [0.1, 0.15) is 36.9 Å². The van der Waals surface area contributed by atoms with Crippen molar-refractivity contribution in [3.63, 3.8) is 0 Å². The lowest BCUT2D eigenvalue weighted by Crippen LogP contribution is -2.47. The van der Waals surface area contributed by atoms with Gasteiger partial charge in [-0.25, -0.2) is 9.59 Å². The second-order valence-corrected chi connectivity index (χ2v) is 6.81. The smallest absolute Gasteiger partial charge is 0.358 e. The van der Waals surface area contributed by atoms with Crippen LogP contribution in [0.25, 0.3) is 0 Å². The number of esters is 1. The lowest BCUT2D eigenvalue weighted by molar-refractivity contribution is -0.180. The summed E-state index contributed by atoms with van der Waals surface area (Å²) < 4.78 is 16.5. The lowest BCUT2D eigenvalue weighted by atomic mass is 9.99. The van der Waals surface area contributed by atoms with Crippen molar-refractivity contribution in [1.29, 1.82) is 0 Å². The van der Waals surface area contributed by atoms with E-state index in [1.807, 2.05) is 25.1 Å². The third-order valence-electron chi connectivity index (χ3n) is 4.88. The molecule has 1 aliphatic heterocycles. The average molecular weight is 399 g/mol. The number of hydrogen-bond acceptors (Lipinski definition) is 6. The van der Waals surface area contributed by atoms with Gasteiger partial charge >= 0.3 is 11.9 Å². The standard InChI is InChI=1S/C22H25NO6/c1-3-4-14-28-21(26)22(16-10-12-17(27-2)13-11-16)23-18(19(29-22)20(24)25)15-8-6-5-7-9-15/h5-13,18-19,23H,3-4,14H2,1-2H3,(H,24,25). The van der Waals surface area contributed by atoms with Gasteiger partial charge in [-0.2, -0.15) is 0 Å². The van der Waals surface area contributed by atoms with Gasteiger partial charge in [0.05, 0.1) is 19.8 Å². The molecule has 29 heavy (non-hydrogen) atoms. The van der Waals surface area contributed by atoms with E-state index in [0.717, 1.165) is 6.42 Å². The molecule has 0 radical (unpaired) electrons. The Morgan fingerprint density at radius 3 is 2.41 bits per heavy atom. The summed E-state index contributed by atoms with van der Waals surface area (Å²) >= 11 is 0. The SMILES string of the molecule is CCCCOC(=O)C1(c2ccc(OC)cc2)NC(c2ccccc2)C(C(=O)O)O1. The first-order chi connectivity index (χ1) is 14.0. The Kier molecular flexibility index (Phi) is 6.51. The first-order valence-corrected chi connectivity index (χ1v) is 9.57. The predicted molar refractivity (Wildman–Crippen MR) is 105 cm³/mol. The van der Waals surface area contributed by atoms with Crippen molar-refractivity contribution in [3.05, 3.63) is 65.7 Å². The summed E-state index contributed by atoms with van der Waals surface area (Å²) in [6.07, 6.45) is 0.300. The molecule has 154 valence electrons. The zero-order valence-corrected chi connectivity index (χ0v) is 16.5. The van der Waals surface area contributed by atoms with Crippen LogP contribution in [0.2, 0.25) is 0 Å². The number of unbranched alkanes of at least 4 members (excludes halogenated alkanes) is 1. The number of aliphatic carboxylic acids is 1. The molecule has 2 aromatic rings. The molecule has 1 heterocycles. The number of carbonyl (C=O) groups is 2. The normalized spacial score (nSPS) is 23.5. The summed E-state index contributed by atoms with van der Waals surface area (Å²) in [5.41, 5.74) is -0.579. The average Bonchev–Trinajstić information content (AvgIpc) is 3.17. The van der Waals surface area contributed by atoms with Crippen molar-refractivity contribution in [2.45, 2.75) is 37.6 Å². The first-order valence-electron chi connectivity index (χ1n) is 9.57. The van der Waals surface area contributed by atoms with Crippen LogP contribution in [0.4, 0.5) is 0 Å². The van der Waals surface area contributed by atoms with Crippen molar-refractivity contribution in [3.8, 4) is 5.75 Å². The maximum absolute atomic E-state index is 13.1. The van der Waals surface area contributed by atoms with Gasteiger partial charge in [0.25, 0.3) is 0 Å². The minimum Gasteiger partial charge on any atom is -0.497 e. The van der Waals surface area contributed by atoms with Crippen LogP contribution in [0.15, 0.2) is 54.6 Å². The van der Waals surface area contributed by atoms with E-state index in [1.54, 1.807) is 43.5 Å². The molecule has 3 atom stereocenters. The fraction of sp³-hybridized carbons (Fsp3) is 0.364. The van der Waals surface area contributed by atoms with E-state index in [-0.39, 0.29) is 6.61 Å².